The van der Waals surface area contributed by atoms with E-state index in [1.165, 1.54) is 5.56 Å². The van der Waals surface area contributed by atoms with Crippen LogP contribution in [0.3, 0.4) is 0 Å². The number of likely N-dealkylation sites (tertiary alicyclic amines) is 1. The number of nitrogens with zero attached hydrogens (tertiary/aromatic N) is 1. The molecular weight excluding hydrogens is 419 g/mol. The summed E-state index contributed by atoms with van der Waals surface area (Å²) >= 11 is 11.9. The third kappa shape index (κ3) is 5.35. The second-order valence-electron chi connectivity index (χ2n) is 8.36. The largest absolute Gasteiger partial charge is 0.340 e. The molecule has 1 N–H and O–H groups in total. The minimum Gasteiger partial charge on any atom is -0.340 e. The topological polar surface area (TPSA) is 49.4 Å². The maximum Gasteiger partial charge on any atom is 0.251 e. The van der Waals surface area contributed by atoms with Crippen molar-refractivity contribution in [2.45, 2.75) is 51.6 Å². The quantitative estimate of drug-likeness (QED) is 0.654. The van der Waals surface area contributed by atoms with Crippen LogP contribution in [0.5, 0.6) is 0 Å². The zero-order valence-corrected chi connectivity index (χ0v) is 19.1. The predicted molar refractivity (Wildman–Crippen MR) is 122 cm³/mol. The third-order valence-electron chi connectivity index (χ3n) is 5.83. The van der Waals surface area contributed by atoms with Crippen molar-refractivity contribution < 1.29 is 9.59 Å². The Morgan fingerprint density at radius 2 is 1.57 bits per heavy atom. The van der Waals surface area contributed by atoms with Crippen LogP contribution in [0.25, 0.3) is 0 Å². The van der Waals surface area contributed by atoms with Gasteiger partial charge in [-0.15, -0.1) is 0 Å². The summed E-state index contributed by atoms with van der Waals surface area (Å²) < 4.78 is 0. The van der Waals surface area contributed by atoms with E-state index in [0.717, 1.165) is 17.9 Å². The lowest BCUT2D eigenvalue weighted by Crippen LogP contribution is -2.55. The molecule has 0 radical (unpaired) electrons. The molecule has 160 valence electrons. The lowest BCUT2D eigenvalue weighted by atomic mass is 9.85. The monoisotopic (exact) mass is 446 g/mol. The maximum absolute atomic E-state index is 13.3. The van der Waals surface area contributed by atoms with Gasteiger partial charge in [0.15, 0.2) is 0 Å². The average Bonchev–Trinajstić information content (AvgIpc) is 2.72. The zero-order valence-electron chi connectivity index (χ0n) is 17.6. The number of benzene rings is 2. The molecule has 1 heterocycles. The highest BCUT2D eigenvalue weighted by molar-refractivity contribution is 6.30. The fourth-order valence-corrected chi connectivity index (χ4v) is 4.31. The van der Waals surface area contributed by atoms with Crippen molar-refractivity contribution in [3.05, 3.63) is 69.7 Å². The SMILES string of the molecule is CC(C)[C@@H](NC(=O)c1ccc(Cl)cc1)C(=O)N1CCC(c2ccc(Cl)cc2)CC1C. The van der Waals surface area contributed by atoms with Crippen LogP contribution in [-0.4, -0.2) is 35.3 Å². The van der Waals surface area contributed by atoms with E-state index in [9.17, 15) is 9.59 Å². The molecular formula is C24H28Cl2N2O2. The Kier molecular flexibility index (Phi) is 7.43. The van der Waals surface area contributed by atoms with Crippen LogP contribution in [0.2, 0.25) is 10.0 Å². The number of carbonyl (C=O) groups is 2. The predicted octanol–water partition coefficient (Wildman–Crippen LogP) is 5.54. The number of rotatable bonds is 5. The Morgan fingerprint density at radius 3 is 2.10 bits per heavy atom. The van der Waals surface area contributed by atoms with Gasteiger partial charge in [0, 0.05) is 28.2 Å². The van der Waals surface area contributed by atoms with Gasteiger partial charge in [-0.05, 0) is 73.6 Å². The normalized spacial score (nSPS) is 20.1. The first-order valence-corrected chi connectivity index (χ1v) is 11.1. The molecule has 4 nitrogen and oxygen atoms in total. The first kappa shape index (κ1) is 22.6. The van der Waals surface area contributed by atoms with Crippen LogP contribution in [0.15, 0.2) is 48.5 Å². The van der Waals surface area contributed by atoms with Crippen LogP contribution < -0.4 is 5.32 Å². The molecule has 2 aromatic rings. The molecule has 0 aliphatic carbocycles. The van der Waals surface area contributed by atoms with Gasteiger partial charge < -0.3 is 10.2 Å². The highest BCUT2D eigenvalue weighted by Crippen LogP contribution is 2.32. The van der Waals surface area contributed by atoms with Crippen molar-refractivity contribution in [1.82, 2.24) is 10.2 Å². The molecule has 3 rings (SSSR count). The fourth-order valence-electron chi connectivity index (χ4n) is 4.06. The molecule has 1 aliphatic heterocycles. The van der Waals surface area contributed by atoms with E-state index >= 15 is 0 Å². The zero-order chi connectivity index (χ0) is 21.8. The Balaban J connectivity index is 1.67. The van der Waals surface area contributed by atoms with Crippen LogP contribution in [0.4, 0.5) is 0 Å². The van der Waals surface area contributed by atoms with Crippen LogP contribution in [0.1, 0.15) is 55.5 Å². The summed E-state index contributed by atoms with van der Waals surface area (Å²) in [4.78, 5) is 27.9. The Morgan fingerprint density at radius 1 is 1.00 bits per heavy atom. The standard InChI is InChI=1S/C24H28Cl2N2O2/c1-15(2)22(27-23(29)18-6-10-21(26)11-7-18)24(30)28-13-12-19(14-16(28)3)17-4-8-20(25)9-5-17/h4-11,15-16,19,22H,12-14H2,1-3H3,(H,27,29)/t16?,19?,22-/m1/s1. The maximum atomic E-state index is 13.3. The van der Waals surface area contributed by atoms with E-state index in [2.05, 4.69) is 24.4 Å². The summed E-state index contributed by atoms with van der Waals surface area (Å²) in [5, 5.41) is 4.23. The van der Waals surface area contributed by atoms with Crippen molar-refractivity contribution in [3.63, 3.8) is 0 Å². The molecule has 0 bridgehead atoms. The summed E-state index contributed by atoms with van der Waals surface area (Å²) in [6, 6.07) is 14.2. The Hall–Kier alpha value is -2.04. The van der Waals surface area contributed by atoms with Gasteiger partial charge in [-0.2, -0.15) is 0 Å². The summed E-state index contributed by atoms with van der Waals surface area (Å²) in [6.07, 6.45) is 1.79. The van der Waals surface area contributed by atoms with Crippen molar-refractivity contribution in [3.8, 4) is 0 Å². The van der Waals surface area contributed by atoms with Gasteiger partial charge in [-0.1, -0.05) is 49.2 Å². The van der Waals surface area contributed by atoms with Gasteiger partial charge in [0.2, 0.25) is 5.91 Å². The van der Waals surface area contributed by atoms with E-state index in [-0.39, 0.29) is 23.8 Å². The first-order chi connectivity index (χ1) is 14.3. The molecule has 6 heteroatoms. The fraction of sp³-hybridized carbons (Fsp3) is 0.417. The van der Waals surface area contributed by atoms with Gasteiger partial charge in [-0.3, -0.25) is 9.59 Å². The minimum atomic E-state index is -0.567. The van der Waals surface area contributed by atoms with Crippen molar-refractivity contribution in [2.75, 3.05) is 6.54 Å². The van der Waals surface area contributed by atoms with Gasteiger partial charge in [0.05, 0.1) is 0 Å². The molecule has 2 aromatic carbocycles. The molecule has 0 aromatic heterocycles. The first-order valence-electron chi connectivity index (χ1n) is 10.4. The number of amides is 2. The summed E-state index contributed by atoms with van der Waals surface area (Å²) in [5.41, 5.74) is 1.75. The highest BCUT2D eigenvalue weighted by Gasteiger charge is 2.35. The summed E-state index contributed by atoms with van der Waals surface area (Å²) in [6.45, 7) is 6.66. The van der Waals surface area contributed by atoms with Gasteiger partial charge >= 0.3 is 0 Å². The minimum absolute atomic E-state index is 0.0186. The second kappa shape index (κ2) is 9.84. The van der Waals surface area contributed by atoms with Crippen molar-refractivity contribution in [2.24, 2.45) is 5.92 Å². The van der Waals surface area contributed by atoms with E-state index in [0.29, 0.717) is 23.0 Å². The number of nitrogens with one attached hydrogen (secondary N) is 1. The van der Waals surface area contributed by atoms with E-state index < -0.39 is 6.04 Å². The molecule has 1 fully saturated rings. The van der Waals surface area contributed by atoms with Gasteiger partial charge in [0.25, 0.3) is 5.91 Å². The molecule has 1 aliphatic rings. The average molecular weight is 447 g/mol. The van der Waals surface area contributed by atoms with Gasteiger partial charge in [0.1, 0.15) is 6.04 Å². The van der Waals surface area contributed by atoms with E-state index in [1.807, 2.05) is 30.9 Å². The Bertz CT molecular complexity index is 881. The number of carbonyl (C=O) groups excluding carboxylic acids is 2. The molecule has 0 spiro atoms. The molecule has 0 saturated carbocycles. The van der Waals surface area contributed by atoms with Crippen LogP contribution in [0, 0.1) is 5.92 Å². The van der Waals surface area contributed by atoms with E-state index in [1.54, 1.807) is 24.3 Å². The smallest absolute Gasteiger partial charge is 0.251 e. The molecule has 30 heavy (non-hydrogen) atoms. The number of hydrogen-bond acceptors (Lipinski definition) is 2. The molecule has 3 atom stereocenters. The summed E-state index contributed by atoms with van der Waals surface area (Å²) in [5.74, 6) is 0.106. The van der Waals surface area contributed by atoms with Crippen LogP contribution >= 0.6 is 23.2 Å². The van der Waals surface area contributed by atoms with E-state index in [4.69, 9.17) is 23.2 Å². The number of halogens is 2. The Labute approximate surface area is 188 Å². The third-order valence-corrected chi connectivity index (χ3v) is 6.33. The van der Waals surface area contributed by atoms with Crippen molar-refractivity contribution in [1.29, 1.82) is 0 Å². The molecule has 2 amide bonds. The van der Waals surface area contributed by atoms with Gasteiger partial charge in [-0.25, -0.2) is 0 Å². The molecule has 2 unspecified atom stereocenters. The second-order valence-corrected chi connectivity index (χ2v) is 9.23. The molecule has 1 saturated heterocycles. The number of hydrogen-bond donors (Lipinski definition) is 1. The lowest BCUT2D eigenvalue weighted by Gasteiger charge is -2.40. The number of piperidine rings is 1. The summed E-state index contributed by atoms with van der Waals surface area (Å²) in [7, 11) is 0. The van der Waals surface area contributed by atoms with Crippen LogP contribution in [-0.2, 0) is 4.79 Å². The highest BCUT2D eigenvalue weighted by atomic mass is 35.5. The van der Waals surface area contributed by atoms with Crippen molar-refractivity contribution >= 4 is 35.0 Å². The lowest BCUT2D eigenvalue weighted by molar-refractivity contribution is -0.137.